The van der Waals surface area contributed by atoms with Crippen LogP contribution in [0, 0.1) is 0 Å². The minimum atomic E-state index is -4.61. The zero-order valence-electron chi connectivity index (χ0n) is 10.8. The number of benzene rings is 1. The van der Waals surface area contributed by atoms with Gasteiger partial charge in [-0.05, 0) is 17.5 Å². The third-order valence-corrected chi connectivity index (χ3v) is 3.63. The summed E-state index contributed by atoms with van der Waals surface area (Å²) in [5.74, 6) is -0.859. The highest BCUT2D eigenvalue weighted by Gasteiger charge is 2.35. The fourth-order valence-electron chi connectivity index (χ4n) is 2.41. The molecular formula is C14H11ClF3N3. The molecule has 21 heavy (non-hydrogen) atoms. The van der Waals surface area contributed by atoms with Crippen LogP contribution < -0.4 is 5.32 Å². The lowest BCUT2D eigenvalue weighted by atomic mass is 9.78. The average molecular weight is 314 g/mol. The van der Waals surface area contributed by atoms with E-state index in [1.165, 1.54) is 17.2 Å². The quantitative estimate of drug-likeness (QED) is 0.873. The third kappa shape index (κ3) is 2.95. The van der Waals surface area contributed by atoms with Gasteiger partial charge in [-0.25, -0.2) is 9.97 Å². The summed E-state index contributed by atoms with van der Waals surface area (Å²) in [4.78, 5) is 6.65. The van der Waals surface area contributed by atoms with Gasteiger partial charge in [0.1, 0.15) is 11.0 Å². The van der Waals surface area contributed by atoms with Crippen molar-refractivity contribution in [1.82, 2.24) is 9.97 Å². The first-order valence-electron chi connectivity index (χ1n) is 6.37. The second kappa shape index (κ2) is 5.18. The van der Waals surface area contributed by atoms with E-state index in [0.717, 1.165) is 6.42 Å². The number of aromatic nitrogens is 2. The van der Waals surface area contributed by atoms with Gasteiger partial charge in [-0.15, -0.1) is 0 Å². The molecule has 1 N–H and O–H groups in total. The zero-order valence-corrected chi connectivity index (χ0v) is 11.5. The highest BCUT2D eigenvalue weighted by atomic mass is 35.5. The normalized spacial score (nSPS) is 17.0. The maximum Gasteiger partial charge on any atom is 0.451 e. The number of nitrogens with one attached hydrogen (secondary N) is 1. The van der Waals surface area contributed by atoms with E-state index < -0.39 is 12.0 Å². The van der Waals surface area contributed by atoms with Crippen molar-refractivity contribution in [3.63, 3.8) is 0 Å². The molecule has 1 aliphatic rings. The summed E-state index contributed by atoms with van der Waals surface area (Å²) in [6.45, 7) is 0.516. The Kier molecular flexibility index (Phi) is 3.49. The van der Waals surface area contributed by atoms with E-state index in [1.54, 1.807) is 0 Å². The molecular weight excluding hydrogens is 303 g/mol. The van der Waals surface area contributed by atoms with Crippen molar-refractivity contribution in [1.29, 1.82) is 0 Å². The summed E-state index contributed by atoms with van der Waals surface area (Å²) in [6, 6.07) is 9.30. The number of hydrogen-bond acceptors (Lipinski definition) is 3. The first kappa shape index (κ1) is 14.1. The fraction of sp³-hybridized carbons (Fsp3) is 0.286. The number of halogens is 4. The Morgan fingerprint density at radius 2 is 2.00 bits per heavy atom. The molecule has 0 fully saturated rings. The number of alkyl halides is 3. The van der Waals surface area contributed by atoms with E-state index >= 15 is 0 Å². The lowest BCUT2D eigenvalue weighted by molar-refractivity contribution is -0.144. The molecule has 0 spiro atoms. The Labute approximate surface area is 124 Å². The standard InChI is InChI=1S/C14H11ClF3N3/c15-11-6-12(21-13(20-11)14(16,17)18)19-7-9-5-8-3-1-2-4-10(8)9/h1-4,6,9H,5,7H2,(H,19,20,21). The van der Waals surface area contributed by atoms with E-state index in [0.29, 0.717) is 6.54 Å². The van der Waals surface area contributed by atoms with Crippen LogP contribution >= 0.6 is 11.6 Å². The van der Waals surface area contributed by atoms with Gasteiger partial charge in [0.15, 0.2) is 0 Å². The first-order valence-corrected chi connectivity index (χ1v) is 6.75. The van der Waals surface area contributed by atoms with Crippen molar-refractivity contribution < 1.29 is 13.2 Å². The number of fused-ring (bicyclic) bond motifs is 1. The molecule has 1 aromatic carbocycles. The van der Waals surface area contributed by atoms with Crippen molar-refractivity contribution in [2.45, 2.75) is 18.5 Å². The van der Waals surface area contributed by atoms with E-state index in [4.69, 9.17) is 11.6 Å². The first-order chi connectivity index (χ1) is 9.93. The minimum absolute atomic E-state index is 0.0895. The average Bonchev–Trinajstić information content (AvgIpc) is 2.38. The summed E-state index contributed by atoms with van der Waals surface area (Å²) in [7, 11) is 0. The zero-order chi connectivity index (χ0) is 15.0. The molecule has 110 valence electrons. The Balaban J connectivity index is 1.71. The van der Waals surface area contributed by atoms with Gasteiger partial charge in [-0.1, -0.05) is 35.9 Å². The molecule has 7 heteroatoms. The predicted octanol–water partition coefficient (Wildman–Crippen LogP) is 3.90. The molecule has 0 aliphatic heterocycles. The molecule has 3 nitrogen and oxygen atoms in total. The molecule has 1 unspecified atom stereocenters. The molecule has 0 saturated heterocycles. The van der Waals surface area contributed by atoms with Gasteiger partial charge in [-0.3, -0.25) is 0 Å². The highest BCUT2D eigenvalue weighted by molar-refractivity contribution is 6.29. The lowest BCUT2D eigenvalue weighted by Gasteiger charge is -2.30. The molecule has 0 saturated carbocycles. The van der Waals surface area contributed by atoms with Crippen LogP contribution in [-0.2, 0) is 12.6 Å². The van der Waals surface area contributed by atoms with Crippen molar-refractivity contribution in [2.24, 2.45) is 0 Å². The molecule has 0 amide bonds. The molecule has 2 aromatic rings. The van der Waals surface area contributed by atoms with Crippen LogP contribution in [0.4, 0.5) is 19.0 Å². The monoisotopic (exact) mass is 313 g/mol. The maximum absolute atomic E-state index is 12.6. The van der Waals surface area contributed by atoms with Gasteiger partial charge in [-0.2, -0.15) is 13.2 Å². The van der Waals surface area contributed by atoms with Crippen LogP contribution in [0.2, 0.25) is 5.15 Å². The van der Waals surface area contributed by atoms with Crippen molar-refractivity contribution in [3.05, 3.63) is 52.4 Å². The van der Waals surface area contributed by atoms with Crippen LogP contribution in [-0.4, -0.2) is 16.5 Å². The van der Waals surface area contributed by atoms with Crippen LogP contribution in [0.5, 0.6) is 0 Å². The smallest absolute Gasteiger partial charge is 0.369 e. The minimum Gasteiger partial charge on any atom is -0.369 e. The van der Waals surface area contributed by atoms with Gasteiger partial charge in [0.05, 0.1) is 0 Å². The van der Waals surface area contributed by atoms with Crippen molar-refractivity contribution in [3.8, 4) is 0 Å². The van der Waals surface area contributed by atoms with Crippen molar-refractivity contribution in [2.75, 3.05) is 11.9 Å². The summed E-state index contributed by atoms with van der Waals surface area (Å²) in [5.41, 5.74) is 2.50. The molecule has 3 rings (SSSR count). The number of hydrogen-bond donors (Lipinski definition) is 1. The van der Waals surface area contributed by atoms with Crippen LogP contribution in [0.15, 0.2) is 30.3 Å². The van der Waals surface area contributed by atoms with Gasteiger partial charge in [0, 0.05) is 18.5 Å². The highest BCUT2D eigenvalue weighted by Crippen LogP contribution is 2.35. The Morgan fingerprint density at radius 3 is 2.71 bits per heavy atom. The molecule has 1 aliphatic carbocycles. The van der Waals surface area contributed by atoms with Crippen LogP contribution in [0.3, 0.4) is 0 Å². The molecule has 1 heterocycles. The summed E-state index contributed by atoms with van der Waals surface area (Å²) in [5, 5.41) is 2.68. The third-order valence-electron chi connectivity index (χ3n) is 3.44. The van der Waals surface area contributed by atoms with Crippen LogP contribution in [0.25, 0.3) is 0 Å². The van der Waals surface area contributed by atoms with Gasteiger partial charge in [0.25, 0.3) is 0 Å². The largest absolute Gasteiger partial charge is 0.451 e. The van der Waals surface area contributed by atoms with E-state index in [-0.39, 0.29) is 16.9 Å². The molecule has 1 atom stereocenters. The second-order valence-corrected chi connectivity index (χ2v) is 5.27. The van der Waals surface area contributed by atoms with E-state index in [2.05, 4.69) is 21.4 Å². The number of anilines is 1. The SMILES string of the molecule is FC(F)(F)c1nc(Cl)cc(NCC2Cc3ccccc32)n1. The Morgan fingerprint density at radius 1 is 1.24 bits per heavy atom. The number of nitrogens with zero attached hydrogens (tertiary/aromatic N) is 2. The van der Waals surface area contributed by atoms with Gasteiger partial charge >= 0.3 is 6.18 Å². The predicted molar refractivity (Wildman–Crippen MR) is 73.4 cm³/mol. The van der Waals surface area contributed by atoms with Crippen molar-refractivity contribution >= 4 is 17.4 Å². The van der Waals surface area contributed by atoms with E-state index in [9.17, 15) is 13.2 Å². The summed E-state index contributed by atoms with van der Waals surface area (Å²) < 4.78 is 37.8. The number of rotatable bonds is 3. The Hall–Kier alpha value is -1.82. The van der Waals surface area contributed by atoms with Gasteiger partial charge in [0.2, 0.25) is 5.82 Å². The second-order valence-electron chi connectivity index (χ2n) is 4.88. The molecule has 1 aromatic heterocycles. The van der Waals surface area contributed by atoms with Crippen LogP contribution in [0.1, 0.15) is 22.9 Å². The topological polar surface area (TPSA) is 37.8 Å². The van der Waals surface area contributed by atoms with E-state index in [1.807, 2.05) is 18.2 Å². The molecule has 0 radical (unpaired) electrons. The lowest BCUT2D eigenvalue weighted by Crippen LogP contribution is -2.25. The van der Waals surface area contributed by atoms with Gasteiger partial charge < -0.3 is 5.32 Å². The maximum atomic E-state index is 12.6. The summed E-state index contributed by atoms with van der Waals surface area (Å²) >= 11 is 5.61. The fourth-order valence-corrected chi connectivity index (χ4v) is 2.59. The molecule has 0 bridgehead atoms. The Bertz CT molecular complexity index is 673. The summed E-state index contributed by atoms with van der Waals surface area (Å²) in [6.07, 6.45) is -3.70.